The van der Waals surface area contributed by atoms with Gasteiger partial charge in [-0.1, -0.05) is 30.3 Å². The van der Waals surface area contributed by atoms with E-state index < -0.39 is 0 Å². The molecule has 2 aromatic rings. The summed E-state index contributed by atoms with van der Waals surface area (Å²) in [6, 6.07) is 12.9. The van der Waals surface area contributed by atoms with Crippen molar-refractivity contribution in [2.24, 2.45) is 4.99 Å². The first-order valence-electron chi connectivity index (χ1n) is 6.87. The molecule has 0 saturated heterocycles. The van der Waals surface area contributed by atoms with Crippen molar-refractivity contribution in [1.29, 1.82) is 0 Å². The summed E-state index contributed by atoms with van der Waals surface area (Å²) in [5.41, 5.74) is 1.16. The number of aliphatic imine (C=N–C) groups is 1. The molecule has 0 spiro atoms. The van der Waals surface area contributed by atoms with E-state index in [0.717, 1.165) is 23.8 Å². The molecule has 1 aliphatic heterocycles. The van der Waals surface area contributed by atoms with E-state index in [1.165, 1.54) is 10.8 Å². The van der Waals surface area contributed by atoms with Crippen molar-refractivity contribution in [2.75, 3.05) is 13.7 Å². The number of methoxy groups -OCH3 is 1. The van der Waals surface area contributed by atoms with Crippen molar-refractivity contribution >= 4 is 16.7 Å². The molecule has 2 N–H and O–H groups in total. The largest absolute Gasteiger partial charge is 0.496 e. The average molecular weight is 269 g/mol. The van der Waals surface area contributed by atoms with Crippen LogP contribution in [-0.4, -0.2) is 25.7 Å². The molecule has 4 heteroatoms. The van der Waals surface area contributed by atoms with E-state index >= 15 is 0 Å². The lowest BCUT2D eigenvalue weighted by Crippen LogP contribution is -2.37. The summed E-state index contributed by atoms with van der Waals surface area (Å²) < 4.78 is 5.49. The van der Waals surface area contributed by atoms with Gasteiger partial charge in [0.1, 0.15) is 5.75 Å². The Kier molecular flexibility index (Phi) is 3.46. The zero-order valence-electron chi connectivity index (χ0n) is 11.8. The molecule has 1 heterocycles. The van der Waals surface area contributed by atoms with Crippen molar-refractivity contribution in [2.45, 2.75) is 19.5 Å². The van der Waals surface area contributed by atoms with Crippen LogP contribution in [0.15, 0.2) is 41.4 Å². The Morgan fingerprint density at radius 1 is 1.30 bits per heavy atom. The fraction of sp³-hybridized carbons (Fsp3) is 0.312. The summed E-state index contributed by atoms with van der Waals surface area (Å²) in [5.74, 6) is 1.77. The van der Waals surface area contributed by atoms with Crippen molar-refractivity contribution in [3.63, 3.8) is 0 Å². The fourth-order valence-corrected chi connectivity index (χ4v) is 2.52. The molecule has 4 nitrogen and oxygen atoms in total. The molecule has 0 bridgehead atoms. The molecule has 0 aromatic heterocycles. The number of hydrogen-bond donors (Lipinski definition) is 2. The number of guanidine groups is 1. The summed E-state index contributed by atoms with van der Waals surface area (Å²) in [4.78, 5) is 4.42. The normalized spacial score (nSPS) is 17.7. The van der Waals surface area contributed by atoms with Crippen LogP contribution in [0.4, 0.5) is 0 Å². The van der Waals surface area contributed by atoms with E-state index in [2.05, 4.69) is 52.9 Å². The second-order valence-electron chi connectivity index (χ2n) is 5.06. The number of rotatable bonds is 3. The van der Waals surface area contributed by atoms with Crippen molar-refractivity contribution in [3.8, 4) is 5.75 Å². The van der Waals surface area contributed by atoms with Gasteiger partial charge in [-0.15, -0.1) is 0 Å². The van der Waals surface area contributed by atoms with Crippen LogP contribution in [-0.2, 0) is 6.54 Å². The Balaban J connectivity index is 1.89. The lowest BCUT2D eigenvalue weighted by atomic mass is 10.0. The van der Waals surface area contributed by atoms with Crippen LogP contribution in [0.1, 0.15) is 12.5 Å². The molecule has 0 saturated carbocycles. The predicted octanol–water partition coefficient (Wildman–Crippen LogP) is 2.29. The van der Waals surface area contributed by atoms with Gasteiger partial charge in [0.15, 0.2) is 5.96 Å². The number of benzene rings is 2. The Bertz CT molecular complexity index is 651. The van der Waals surface area contributed by atoms with Crippen LogP contribution in [0.25, 0.3) is 10.8 Å². The molecule has 20 heavy (non-hydrogen) atoms. The molecule has 0 aliphatic carbocycles. The van der Waals surface area contributed by atoms with Gasteiger partial charge in [-0.2, -0.15) is 0 Å². The van der Waals surface area contributed by atoms with Gasteiger partial charge < -0.3 is 15.4 Å². The minimum atomic E-state index is 0.409. The van der Waals surface area contributed by atoms with E-state index in [0.29, 0.717) is 12.6 Å². The first kappa shape index (κ1) is 12.8. The van der Waals surface area contributed by atoms with Crippen LogP contribution in [0.2, 0.25) is 0 Å². The van der Waals surface area contributed by atoms with Gasteiger partial charge in [0, 0.05) is 18.2 Å². The van der Waals surface area contributed by atoms with Crippen molar-refractivity contribution in [1.82, 2.24) is 10.6 Å². The topological polar surface area (TPSA) is 45.6 Å². The highest BCUT2D eigenvalue weighted by Gasteiger charge is 2.13. The number of fused-ring (bicyclic) bond motifs is 1. The standard InChI is InChI=1S/C16H19N3O/c1-11-9-17-16(19-11)18-10-14-13-6-4-3-5-12(13)7-8-15(14)20-2/h3-8,11H,9-10H2,1-2H3,(H2,17,18,19). The first-order valence-corrected chi connectivity index (χ1v) is 6.87. The zero-order valence-corrected chi connectivity index (χ0v) is 11.8. The van der Waals surface area contributed by atoms with E-state index in [-0.39, 0.29) is 0 Å². The van der Waals surface area contributed by atoms with E-state index in [1.54, 1.807) is 7.11 Å². The lowest BCUT2D eigenvalue weighted by Gasteiger charge is -2.14. The second kappa shape index (κ2) is 5.41. The minimum Gasteiger partial charge on any atom is -0.496 e. The molecular formula is C16H19N3O. The summed E-state index contributed by atoms with van der Waals surface area (Å²) >= 11 is 0. The SMILES string of the molecule is COc1ccc2ccccc2c1CNC1=NCC(C)N1. The summed E-state index contributed by atoms with van der Waals surface area (Å²) in [7, 11) is 1.71. The molecule has 0 radical (unpaired) electrons. The van der Waals surface area contributed by atoms with Gasteiger partial charge in [-0.25, -0.2) is 0 Å². The Morgan fingerprint density at radius 2 is 2.15 bits per heavy atom. The molecule has 3 rings (SSSR count). The van der Waals surface area contributed by atoms with Crippen LogP contribution in [0, 0.1) is 0 Å². The highest BCUT2D eigenvalue weighted by molar-refractivity contribution is 5.88. The molecule has 0 amide bonds. The van der Waals surface area contributed by atoms with Gasteiger partial charge in [0.2, 0.25) is 0 Å². The Morgan fingerprint density at radius 3 is 2.90 bits per heavy atom. The quantitative estimate of drug-likeness (QED) is 0.898. The zero-order chi connectivity index (χ0) is 13.9. The molecule has 104 valence electrons. The maximum absolute atomic E-state index is 5.49. The Hall–Kier alpha value is -2.23. The summed E-state index contributed by atoms with van der Waals surface area (Å²) in [6.07, 6.45) is 0. The minimum absolute atomic E-state index is 0.409. The molecule has 1 unspecified atom stereocenters. The first-order chi connectivity index (χ1) is 9.78. The van der Waals surface area contributed by atoms with Gasteiger partial charge >= 0.3 is 0 Å². The third-order valence-electron chi connectivity index (χ3n) is 3.56. The monoisotopic (exact) mass is 269 g/mol. The maximum Gasteiger partial charge on any atom is 0.191 e. The lowest BCUT2D eigenvalue weighted by molar-refractivity contribution is 0.410. The predicted molar refractivity (Wildman–Crippen MR) is 82.2 cm³/mol. The fourth-order valence-electron chi connectivity index (χ4n) is 2.52. The van der Waals surface area contributed by atoms with Crippen LogP contribution in [0.3, 0.4) is 0 Å². The number of ether oxygens (including phenoxy) is 1. The van der Waals surface area contributed by atoms with E-state index in [9.17, 15) is 0 Å². The van der Waals surface area contributed by atoms with Gasteiger partial charge in [-0.05, 0) is 23.8 Å². The molecular weight excluding hydrogens is 250 g/mol. The van der Waals surface area contributed by atoms with Crippen LogP contribution in [0.5, 0.6) is 5.75 Å². The third-order valence-corrected chi connectivity index (χ3v) is 3.56. The molecule has 1 atom stereocenters. The number of nitrogens with zero attached hydrogens (tertiary/aromatic N) is 1. The van der Waals surface area contributed by atoms with Gasteiger partial charge in [0.05, 0.1) is 13.7 Å². The van der Waals surface area contributed by atoms with Crippen LogP contribution >= 0.6 is 0 Å². The number of nitrogens with one attached hydrogen (secondary N) is 2. The maximum atomic E-state index is 5.49. The van der Waals surface area contributed by atoms with E-state index in [1.807, 2.05) is 6.07 Å². The van der Waals surface area contributed by atoms with Crippen LogP contribution < -0.4 is 15.4 Å². The van der Waals surface area contributed by atoms with Crippen molar-refractivity contribution in [3.05, 3.63) is 42.0 Å². The summed E-state index contributed by atoms with van der Waals surface area (Å²) in [6.45, 7) is 3.65. The molecule has 2 aromatic carbocycles. The van der Waals surface area contributed by atoms with Gasteiger partial charge in [0.25, 0.3) is 0 Å². The molecule has 0 fully saturated rings. The third kappa shape index (κ3) is 2.41. The van der Waals surface area contributed by atoms with Crippen molar-refractivity contribution < 1.29 is 4.74 Å². The molecule has 1 aliphatic rings. The smallest absolute Gasteiger partial charge is 0.191 e. The second-order valence-corrected chi connectivity index (χ2v) is 5.06. The van der Waals surface area contributed by atoms with Gasteiger partial charge in [-0.3, -0.25) is 4.99 Å². The highest BCUT2D eigenvalue weighted by atomic mass is 16.5. The van der Waals surface area contributed by atoms with E-state index in [4.69, 9.17) is 4.74 Å². The Labute approximate surface area is 118 Å². The number of hydrogen-bond acceptors (Lipinski definition) is 4. The highest BCUT2D eigenvalue weighted by Crippen LogP contribution is 2.27. The average Bonchev–Trinajstić information content (AvgIpc) is 2.90. The summed E-state index contributed by atoms with van der Waals surface area (Å²) in [5, 5.41) is 9.10.